The molecular weight excluding hydrogens is 243 g/mol. The summed E-state index contributed by atoms with van der Waals surface area (Å²) in [6.07, 6.45) is 0. The highest BCUT2D eigenvalue weighted by Gasteiger charge is 2.11. The van der Waals surface area contributed by atoms with Crippen LogP contribution in [-0.2, 0) is 4.79 Å². The Morgan fingerprint density at radius 1 is 1.41 bits per heavy atom. The van der Waals surface area contributed by atoms with Crippen LogP contribution in [0.15, 0.2) is 18.2 Å². The summed E-state index contributed by atoms with van der Waals surface area (Å²) < 4.78 is 13.4. The van der Waals surface area contributed by atoms with Crippen LogP contribution in [0.2, 0.25) is 5.02 Å². The summed E-state index contributed by atoms with van der Waals surface area (Å²) in [6.45, 7) is 5.13. The molecular formula is C12H16ClFN2O. The second-order valence-electron chi connectivity index (χ2n) is 3.52. The van der Waals surface area contributed by atoms with Crippen molar-refractivity contribution in [1.29, 1.82) is 0 Å². The van der Waals surface area contributed by atoms with Crippen molar-refractivity contribution in [3.63, 3.8) is 0 Å². The molecule has 1 aromatic rings. The topological polar surface area (TPSA) is 32.3 Å². The van der Waals surface area contributed by atoms with Crippen molar-refractivity contribution in [3.05, 3.63) is 29.0 Å². The van der Waals surface area contributed by atoms with Crippen molar-refractivity contribution < 1.29 is 9.18 Å². The van der Waals surface area contributed by atoms with E-state index >= 15 is 0 Å². The highest BCUT2D eigenvalue weighted by molar-refractivity contribution is 6.33. The molecule has 0 aliphatic rings. The van der Waals surface area contributed by atoms with Crippen molar-refractivity contribution in [2.24, 2.45) is 0 Å². The first kappa shape index (κ1) is 13.8. The first-order valence-electron chi connectivity index (χ1n) is 5.55. The van der Waals surface area contributed by atoms with E-state index in [2.05, 4.69) is 5.32 Å². The fraction of sp³-hybridized carbons (Fsp3) is 0.417. The van der Waals surface area contributed by atoms with E-state index in [1.165, 1.54) is 12.1 Å². The number of nitrogens with zero attached hydrogens (tertiary/aromatic N) is 1. The number of amides is 1. The van der Waals surface area contributed by atoms with Gasteiger partial charge in [-0.05, 0) is 26.0 Å². The molecule has 5 heteroatoms. The van der Waals surface area contributed by atoms with Crippen LogP contribution in [0.4, 0.5) is 10.1 Å². The quantitative estimate of drug-likeness (QED) is 0.881. The van der Waals surface area contributed by atoms with E-state index in [9.17, 15) is 9.18 Å². The molecule has 0 aliphatic heterocycles. The van der Waals surface area contributed by atoms with Crippen LogP contribution in [0, 0.1) is 5.82 Å². The van der Waals surface area contributed by atoms with Gasteiger partial charge in [-0.3, -0.25) is 4.79 Å². The van der Waals surface area contributed by atoms with Gasteiger partial charge in [0.1, 0.15) is 5.82 Å². The third kappa shape index (κ3) is 3.60. The number of carbonyl (C=O) groups is 1. The molecule has 0 spiro atoms. The molecule has 1 amide bonds. The van der Waals surface area contributed by atoms with Crippen molar-refractivity contribution in [3.8, 4) is 0 Å². The smallest absolute Gasteiger partial charge is 0.241 e. The fourth-order valence-electron chi connectivity index (χ4n) is 1.52. The number of benzene rings is 1. The Bertz CT molecular complexity index is 374. The maximum absolute atomic E-state index is 13.4. The van der Waals surface area contributed by atoms with Gasteiger partial charge >= 0.3 is 0 Å². The SMILES string of the molecule is CCN(CC)C(=O)CNc1c(F)cccc1Cl. The third-order valence-electron chi connectivity index (χ3n) is 2.50. The Labute approximate surface area is 106 Å². The minimum Gasteiger partial charge on any atom is -0.373 e. The number of hydrogen-bond acceptors (Lipinski definition) is 2. The number of halogens is 2. The maximum atomic E-state index is 13.4. The van der Waals surface area contributed by atoms with Crippen LogP contribution in [-0.4, -0.2) is 30.4 Å². The van der Waals surface area contributed by atoms with Crippen molar-refractivity contribution in [1.82, 2.24) is 4.90 Å². The standard InChI is InChI=1S/C12H16ClFN2O/c1-3-16(4-2)11(17)8-15-12-9(13)6-5-7-10(12)14/h5-7,15H,3-4,8H2,1-2H3. The Morgan fingerprint density at radius 2 is 2.06 bits per heavy atom. The molecule has 0 fully saturated rings. The van der Waals surface area contributed by atoms with Crippen molar-refractivity contribution >= 4 is 23.2 Å². The maximum Gasteiger partial charge on any atom is 0.241 e. The molecule has 0 atom stereocenters. The van der Waals surface area contributed by atoms with Gasteiger partial charge in [-0.15, -0.1) is 0 Å². The monoisotopic (exact) mass is 258 g/mol. The number of hydrogen-bond donors (Lipinski definition) is 1. The molecule has 1 N–H and O–H groups in total. The van der Waals surface area contributed by atoms with Crippen LogP contribution in [0.5, 0.6) is 0 Å². The Kier molecular flexibility index (Phi) is 5.22. The molecule has 17 heavy (non-hydrogen) atoms. The average Bonchev–Trinajstić information content (AvgIpc) is 2.30. The lowest BCUT2D eigenvalue weighted by Gasteiger charge is -2.19. The molecule has 0 unspecified atom stereocenters. The third-order valence-corrected chi connectivity index (χ3v) is 2.81. The zero-order chi connectivity index (χ0) is 12.8. The summed E-state index contributed by atoms with van der Waals surface area (Å²) in [6, 6.07) is 4.40. The van der Waals surface area contributed by atoms with Crippen LogP contribution >= 0.6 is 11.6 Å². The van der Waals surface area contributed by atoms with E-state index < -0.39 is 5.82 Å². The van der Waals surface area contributed by atoms with Gasteiger partial charge in [0.05, 0.1) is 17.3 Å². The van der Waals surface area contributed by atoms with E-state index in [1.54, 1.807) is 11.0 Å². The molecule has 0 aliphatic carbocycles. The second kappa shape index (κ2) is 6.45. The van der Waals surface area contributed by atoms with Crippen LogP contribution in [0.1, 0.15) is 13.8 Å². The zero-order valence-corrected chi connectivity index (χ0v) is 10.7. The van der Waals surface area contributed by atoms with E-state index in [0.717, 1.165) is 0 Å². The lowest BCUT2D eigenvalue weighted by Crippen LogP contribution is -2.35. The summed E-state index contributed by atoms with van der Waals surface area (Å²) in [7, 11) is 0. The van der Waals surface area contributed by atoms with Gasteiger partial charge in [0.15, 0.2) is 0 Å². The number of rotatable bonds is 5. The summed E-state index contributed by atoms with van der Waals surface area (Å²) in [5, 5.41) is 3.01. The second-order valence-corrected chi connectivity index (χ2v) is 3.92. The van der Waals surface area contributed by atoms with Gasteiger partial charge in [-0.1, -0.05) is 17.7 Å². The average molecular weight is 259 g/mol. The zero-order valence-electron chi connectivity index (χ0n) is 9.96. The highest BCUT2D eigenvalue weighted by Crippen LogP contribution is 2.24. The van der Waals surface area contributed by atoms with E-state index in [4.69, 9.17) is 11.6 Å². The van der Waals surface area contributed by atoms with Gasteiger partial charge in [-0.2, -0.15) is 0 Å². The van der Waals surface area contributed by atoms with Gasteiger partial charge in [0, 0.05) is 13.1 Å². The Balaban J connectivity index is 2.64. The van der Waals surface area contributed by atoms with Gasteiger partial charge in [0.25, 0.3) is 0 Å². The van der Waals surface area contributed by atoms with Crippen LogP contribution in [0.3, 0.4) is 0 Å². The molecule has 94 valence electrons. The Hall–Kier alpha value is -1.29. The number of nitrogens with one attached hydrogen (secondary N) is 1. The molecule has 0 heterocycles. The van der Waals surface area contributed by atoms with E-state index in [0.29, 0.717) is 13.1 Å². The molecule has 0 radical (unpaired) electrons. The number of anilines is 1. The lowest BCUT2D eigenvalue weighted by molar-refractivity contribution is -0.128. The number of para-hydroxylation sites is 1. The van der Waals surface area contributed by atoms with E-state index in [-0.39, 0.29) is 23.2 Å². The van der Waals surface area contributed by atoms with Crippen molar-refractivity contribution in [2.75, 3.05) is 25.0 Å². The van der Waals surface area contributed by atoms with Gasteiger partial charge in [0.2, 0.25) is 5.91 Å². The first-order chi connectivity index (χ1) is 8.10. The summed E-state index contributed by atoms with van der Waals surface area (Å²) in [5.74, 6) is -0.529. The molecule has 0 aromatic heterocycles. The van der Waals surface area contributed by atoms with Gasteiger partial charge < -0.3 is 10.2 Å². The predicted molar refractivity (Wildman–Crippen MR) is 67.8 cm³/mol. The molecule has 0 saturated carbocycles. The number of likely N-dealkylation sites (N-methyl/N-ethyl adjacent to an activating group) is 1. The van der Waals surface area contributed by atoms with Gasteiger partial charge in [-0.25, -0.2) is 4.39 Å². The van der Waals surface area contributed by atoms with Crippen molar-refractivity contribution in [2.45, 2.75) is 13.8 Å². The minimum absolute atomic E-state index is 0.0440. The highest BCUT2D eigenvalue weighted by atomic mass is 35.5. The summed E-state index contributed by atoms with van der Waals surface area (Å²) in [5.41, 5.74) is 0.176. The minimum atomic E-state index is -0.454. The summed E-state index contributed by atoms with van der Waals surface area (Å²) in [4.78, 5) is 13.4. The first-order valence-corrected chi connectivity index (χ1v) is 5.93. The van der Waals surface area contributed by atoms with Crippen LogP contribution in [0.25, 0.3) is 0 Å². The molecule has 3 nitrogen and oxygen atoms in total. The van der Waals surface area contributed by atoms with Crippen LogP contribution < -0.4 is 5.32 Å². The Morgan fingerprint density at radius 3 is 2.59 bits per heavy atom. The number of carbonyl (C=O) groups excluding carboxylic acids is 1. The molecule has 1 aromatic carbocycles. The fourth-order valence-corrected chi connectivity index (χ4v) is 1.75. The summed E-state index contributed by atoms with van der Waals surface area (Å²) >= 11 is 5.83. The molecule has 0 saturated heterocycles. The lowest BCUT2D eigenvalue weighted by atomic mass is 10.3. The predicted octanol–water partition coefficient (Wildman–Crippen LogP) is 2.76. The largest absolute Gasteiger partial charge is 0.373 e. The molecule has 0 bridgehead atoms. The van der Waals surface area contributed by atoms with E-state index in [1.807, 2.05) is 13.8 Å². The normalized spacial score (nSPS) is 10.1. The molecule has 1 rings (SSSR count).